The van der Waals surface area contributed by atoms with E-state index < -0.39 is 0 Å². The molecule has 2 rings (SSSR count). The van der Waals surface area contributed by atoms with Crippen molar-refractivity contribution in [3.8, 4) is 0 Å². The summed E-state index contributed by atoms with van der Waals surface area (Å²) < 4.78 is 0. The summed E-state index contributed by atoms with van der Waals surface area (Å²) in [5.41, 5.74) is 0. The molecule has 2 heterocycles. The van der Waals surface area contributed by atoms with E-state index in [2.05, 4.69) is 0 Å². The van der Waals surface area contributed by atoms with Crippen LogP contribution in [-0.4, -0.2) is 41.4 Å². The highest BCUT2D eigenvalue weighted by atomic mass is 16.2. The molecule has 0 aromatic rings. The molecule has 5 nitrogen and oxygen atoms in total. The first kappa shape index (κ1) is 8.65. The Hall–Kier alpha value is -0.940. The molecular weight excluding hydrogens is 170 g/mol. The molecule has 2 fully saturated rings. The van der Waals surface area contributed by atoms with Gasteiger partial charge in [0.25, 0.3) is 0 Å². The number of hydrazine groups is 1. The Balaban J connectivity index is 2.23. The fourth-order valence-electron chi connectivity index (χ4n) is 2.16. The number of imide groups is 1. The summed E-state index contributed by atoms with van der Waals surface area (Å²) >= 11 is 0. The second kappa shape index (κ2) is 2.78. The molecule has 2 saturated heterocycles. The van der Waals surface area contributed by atoms with E-state index in [9.17, 15) is 9.59 Å². The lowest BCUT2D eigenvalue weighted by Gasteiger charge is -2.15. The smallest absolute Gasteiger partial charge is 0.234 e. The Bertz CT molecular complexity index is 242. The summed E-state index contributed by atoms with van der Waals surface area (Å²) in [6.45, 7) is 3.34. The predicted molar refractivity (Wildman–Crippen MR) is 45.1 cm³/mol. The molecule has 0 saturated carbocycles. The lowest BCUT2D eigenvalue weighted by molar-refractivity contribution is -0.140. The second-order valence-corrected chi connectivity index (χ2v) is 3.59. The van der Waals surface area contributed by atoms with E-state index in [1.807, 2.05) is 6.92 Å². The molecule has 0 aliphatic carbocycles. The molecule has 2 aliphatic rings. The van der Waals surface area contributed by atoms with Crippen LogP contribution in [0.2, 0.25) is 0 Å². The number of carbonyl (C=O) groups excluding carboxylic acids is 2. The largest absolute Gasteiger partial charge is 0.282 e. The third-order valence-corrected chi connectivity index (χ3v) is 2.83. The van der Waals surface area contributed by atoms with Gasteiger partial charge in [0.2, 0.25) is 11.8 Å². The molecule has 72 valence electrons. The average molecular weight is 183 g/mol. The van der Waals surface area contributed by atoms with E-state index >= 15 is 0 Å². The number of carbonyl (C=O) groups is 2. The molecule has 0 spiro atoms. The number of fused-ring (bicyclic) bond motifs is 1. The van der Waals surface area contributed by atoms with Crippen LogP contribution < -0.4 is 5.84 Å². The molecule has 13 heavy (non-hydrogen) atoms. The number of nitrogens with zero attached hydrogens (tertiary/aromatic N) is 2. The fourth-order valence-corrected chi connectivity index (χ4v) is 2.16. The van der Waals surface area contributed by atoms with Crippen molar-refractivity contribution in [2.75, 3.05) is 19.6 Å². The zero-order valence-electron chi connectivity index (χ0n) is 7.56. The monoisotopic (exact) mass is 183 g/mol. The first-order valence-corrected chi connectivity index (χ1v) is 4.50. The highest BCUT2D eigenvalue weighted by molar-refractivity contribution is 6.05. The van der Waals surface area contributed by atoms with Crippen molar-refractivity contribution in [3.05, 3.63) is 0 Å². The highest BCUT2D eigenvalue weighted by Crippen LogP contribution is 2.31. The summed E-state index contributed by atoms with van der Waals surface area (Å²) in [5, 5.41) is 1.55. The SMILES string of the molecule is CCN1C(=O)[C@@H]2CN(N)C[C@H]2C1=O. The molecule has 0 radical (unpaired) electrons. The Kier molecular flexibility index (Phi) is 1.85. The van der Waals surface area contributed by atoms with Gasteiger partial charge < -0.3 is 0 Å². The average Bonchev–Trinajstić information content (AvgIpc) is 2.55. The van der Waals surface area contributed by atoms with Gasteiger partial charge in [-0.3, -0.25) is 20.3 Å². The number of amides is 2. The third kappa shape index (κ3) is 1.08. The normalized spacial score (nSPS) is 34.5. The number of hydrogen-bond acceptors (Lipinski definition) is 4. The van der Waals surface area contributed by atoms with Crippen LogP contribution in [-0.2, 0) is 9.59 Å². The first-order chi connectivity index (χ1) is 6.15. The van der Waals surface area contributed by atoms with Crippen LogP contribution in [0.15, 0.2) is 0 Å². The molecule has 2 N–H and O–H groups in total. The molecule has 2 aliphatic heterocycles. The lowest BCUT2D eigenvalue weighted by atomic mass is 10.00. The number of hydrogen-bond donors (Lipinski definition) is 1. The van der Waals surface area contributed by atoms with Crippen molar-refractivity contribution >= 4 is 11.8 Å². The van der Waals surface area contributed by atoms with E-state index in [1.54, 1.807) is 5.01 Å². The van der Waals surface area contributed by atoms with Crippen molar-refractivity contribution in [3.63, 3.8) is 0 Å². The van der Waals surface area contributed by atoms with Gasteiger partial charge in [0.1, 0.15) is 0 Å². The van der Waals surface area contributed by atoms with Crippen molar-refractivity contribution < 1.29 is 9.59 Å². The Morgan fingerprint density at radius 1 is 1.31 bits per heavy atom. The second-order valence-electron chi connectivity index (χ2n) is 3.59. The summed E-state index contributed by atoms with van der Waals surface area (Å²) in [7, 11) is 0. The molecule has 0 bridgehead atoms. The topological polar surface area (TPSA) is 66.6 Å². The summed E-state index contributed by atoms with van der Waals surface area (Å²) in [4.78, 5) is 24.5. The maximum atomic E-state index is 11.6. The van der Waals surface area contributed by atoms with E-state index in [1.165, 1.54) is 4.90 Å². The fraction of sp³-hybridized carbons (Fsp3) is 0.750. The first-order valence-electron chi connectivity index (χ1n) is 4.50. The minimum atomic E-state index is -0.183. The molecule has 0 unspecified atom stereocenters. The number of rotatable bonds is 1. The lowest BCUT2D eigenvalue weighted by Crippen LogP contribution is -2.38. The van der Waals surface area contributed by atoms with Gasteiger partial charge in [-0.15, -0.1) is 0 Å². The highest BCUT2D eigenvalue weighted by Gasteiger charge is 2.51. The molecule has 2 atom stereocenters. The molecule has 0 aromatic carbocycles. The van der Waals surface area contributed by atoms with Crippen LogP contribution in [0.4, 0.5) is 0 Å². The zero-order chi connectivity index (χ0) is 9.59. The van der Waals surface area contributed by atoms with E-state index in [4.69, 9.17) is 5.84 Å². The minimum Gasteiger partial charge on any atom is -0.282 e. The van der Waals surface area contributed by atoms with Crippen LogP contribution in [0, 0.1) is 11.8 Å². The standard InChI is InChI=1S/C8H13N3O2/c1-2-11-7(12)5-3-10(9)4-6(5)8(11)13/h5-6H,2-4,9H2,1H3/t5-,6-/m1/s1. The molecular formula is C8H13N3O2. The van der Waals surface area contributed by atoms with Gasteiger partial charge in [-0.2, -0.15) is 0 Å². The van der Waals surface area contributed by atoms with Crippen LogP contribution in [0.3, 0.4) is 0 Å². The maximum absolute atomic E-state index is 11.6. The predicted octanol–water partition coefficient (Wildman–Crippen LogP) is -1.20. The van der Waals surface area contributed by atoms with Crippen LogP contribution in [0.1, 0.15) is 6.92 Å². The van der Waals surface area contributed by atoms with E-state index in [0.717, 1.165) is 0 Å². The van der Waals surface area contributed by atoms with E-state index in [0.29, 0.717) is 19.6 Å². The third-order valence-electron chi connectivity index (χ3n) is 2.83. The van der Waals surface area contributed by atoms with Gasteiger partial charge in [-0.25, -0.2) is 5.01 Å². The van der Waals surface area contributed by atoms with Crippen molar-refractivity contribution in [1.82, 2.24) is 9.91 Å². The van der Waals surface area contributed by atoms with Gasteiger partial charge in [0.05, 0.1) is 11.8 Å². The minimum absolute atomic E-state index is 0.0505. The number of likely N-dealkylation sites (tertiary alicyclic amines) is 1. The van der Waals surface area contributed by atoms with Crippen molar-refractivity contribution in [1.29, 1.82) is 0 Å². The van der Waals surface area contributed by atoms with Crippen LogP contribution in [0.25, 0.3) is 0 Å². The molecule has 5 heteroatoms. The Labute approximate surface area is 76.4 Å². The summed E-state index contributed by atoms with van der Waals surface area (Å²) in [6, 6.07) is 0. The van der Waals surface area contributed by atoms with Gasteiger partial charge in [0.15, 0.2) is 0 Å². The summed E-state index contributed by atoms with van der Waals surface area (Å²) in [5.74, 6) is 5.08. The molecule has 0 aromatic heterocycles. The Morgan fingerprint density at radius 3 is 2.15 bits per heavy atom. The maximum Gasteiger partial charge on any atom is 0.234 e. The van der Waals surface area contributed by atoms with Crippen molar-refractivity contribution in [2.24, 2.45) is 17.7 Å². The van der Waals surface area contributed by atoms with Gasteiger partial charge in [-0.1, -0.05) is 0 Å². The van der Waals surface area contributed by atoms with Crippen LogP contribution in [0.5, 0.6) is 0 Å². The molecule has 2 amide bonds. The van der Waals surface area contributed by atoms with Crippen molar-refractivity contribution in [2.45, 2.75) is 6.92 Å². The Morgan fingerprint density at radius 2 is 1.77 bits per heavy atom. The zero-order valence-corrected chi connectivity index (χ0v) is 7.56. The van der Waals surface area contributed by atoms with Gasteiger partial charge >= 0.3 is 0 Å². The van der Waals surface area contributed by atoms with E-state index in [-0.39, 0.29) is 23.7 Å². The quantitative estimate of drug-likeness (QED) is 0.409. The van der Waals surface area contributed by atoms with Crippen LogP contribution >= 0.6 is 0 Å². The van der Waals surface area contributed by atoms with Gasteiger partial charge in [0, 0.05) is 19.6 Å². The summed E-state index contributed by atoms with van der Waals surface area (Å²) in [6.07, 6.45) is 0. The number of nitrogens with two attached hydrogens (primary N) is 1. The van der Waals surface area contributed by atoms with Gasteiger partial charge in [-0.05, 0) is 6.92 Å².